The molecule has 4 heteroatoms. The van der Waals surface area contributed by atoms with E-state index in [0.29, 0.717) is 19.1 Å². The van der Waals surface area contributed by atoms with E-state index in [1.165, 1.54) is 19.3 Å². The van der Waals surface area contributed by atoms with E-state index in [9.17, 15) is 9.59 Å². The molecule has 0 spiro atoms. The van der Waals surface area contributed by atoms with Crippen LogP contribution >= 0.6 is 0 Å². The Morgan fingerprint density at radius 1 is 1.05 bits per heavy atom. The average Bonchev–Trinajstić information content (AvgIpc) is 2.44. The zero-order valence-electron chi connectivity index (χ0n) is 11.7. The van der Waals surface area contributed by atoms with E-state index in [1.807, 2.05) is 6.92 Å². The van der Waals surface area contributed by atoms with Crippen LogP contribution in [-0.2, 0) is 19.1 Å². The van der Waals surface area contributed by atoms with Crippen molar-refractivity contribution in [3.8, 4) is 0 Å². The molecule has 0 aliphatic heterocycles. The Morgan fingerprint density at radius 3 is 2.32 bits per heavy atom. The van der Waals surface area contributed by atoms with Gasteiger partial charge in [0.15, 0.2) is 0 Å². The normalized spacial score (nSPS) is 16.5. The summed E-state index contributed by atoms with van der Waals surface area (Å²) in [7, 11) is 0. The summed E-state index contributed by atoms with van der Waals surface area (Å²) < 4.78 is 10.0. The van der Waals surface area contributed by atoms with Gasteiger partial charge in [-0.05, 0) is 25.2 Å². The number of ether oxygens (including phenoxy) is 2. The average molecular weight is 268 g/mol. The van der Waals surface area contributed by atoms with Gasteiger partial charge < -0.3 is 9.47 Å². The number of hydrogen-bond acceptors (Lipinski definition) is 4. The zero-order valence-corrected chi connectivity index (χ0v) is 11.7. The topological polar surface area (TPSA) is 52.6 Å². The summed E-state index contributed by atoms with van der Waals surface area (Å²) in [6.07, 6.45) is 10.1. The van der Waals surface area contributed by atoms with Gasteiger partial charge in [-0.1, -0.05) is 32.6 Å². The lowest BCUT2D eigenvalue weighted by Gasteiger charge is -2.20. The van der Waals surface area contributed by atoms with Crippen molar-refractivity contribution in [1.82, 2.24) is 0 Å². The van der Waals surface area contributed by atoms with Gasteiger partial charge >= 0.3 is 11.9 Å². The van der Waals surface area contributed by atoms with Crippen molar-refractivity contribution in [1.29, 1.82) is 0 Å². The predicted octanol–water partition coefficient (Wildman–Crippen LogP) is 3.01. The Hall–Kier alpha value is -1.32. The third-order valence-electron chi connectivity index (χ3n) is 3.28. The molecule has 4 nitrogen and oxygen atoms in total. The molecule has 0 N–H and O–H groups in total. The Bertz CT molecular complexity index is 303. The number of esters is 2. The van der Waals surface area contributed by atoms with Crippen LogP contribution in [0.25, 0.3) is 0 Å². The number of hydrogen-bond donors (Lipinski definition) is 0. The predicted molar refractivity (Wildman–Crippen MR) is 72.5 cm³/mol. The molecule has 1 rings (SSSR count). The van der Waals surface area contributed by atoms with Crippen LogP contribution in [0.15, 0.2) is 12.2 Å². The molecule has 0 atom stereocenters. The highest BCUT2D eigenvalue weighted by molar-refractivity contribution is 5.91. The maximum Gasteiger partial charge on any atom is 0.331 e. The van der Waals surface area contributed by atoms with Crippen molar-refractivity contribution < 1.29 is 19.1 Å². The minimum absolute atomic E-state index is 0.400. The molecule has 0 bridgehead atoms. The van der Waals surface area contributed by atoms with Crippen LogP contribution in [-0.4, -0.2) is 25.2 Å². The van der Waals surface area contributed by atoms with Crippen molar-refractivity contribution in [2.75, 3.05) is 13.2 Å². The fourth-order valence-corrected chi connectivity index (χ4v) is 2.10. The highest BCUT2D eigenvalue weighted by Crippen LogP contribution is 2.23. The summed E-state index contributed by atoms with van der Waals surface area (Å²) in [5.41, 5.74) is 0. The molecule has 0 aromatic heterocycles. The van der Waals surface area contributed by atoms with Gasteiger partial charge in [0.05, 0.1) is 13.2 Å². The van der Waals surface area contributed by atoms with Gasteiger partial charge in [0.25, 0.3) is 0 Å². The van der Waals surface area contributed by atoms with Crippen LogP contribution in [0.2, 0.25) is 0 Å². The fraction of sp³-hybridized carbons (Fsp3) is 0.733. The number of carbonyl (C=O) groups excluding carboxylic acids is 2. The summed E-state index contributed by atoms with van der Waals surface area (Å²) in [5.74, 6) is -0.455. The van der Waals surface area contributed by atoms with Gasteiger partial charge in [-0.3, -0.25) is 0 Å². The minimum atomic E-state index is -0.483. The summed E-state index contributed by atoms with van der Waals surface area (Å²) in [6, 6.07) is 0. The maximum absolute atomic E-state index is 11.4. The maximum atomic E-state index is 11.4. The van der Waals surface area contributed by atoms with Crippen LogP contribution in [0.5, 0.6) is 0 Å². The van der Waals surface area contributed by atoms with E-state index in [-0.39, 0.29) is 0 Å². The molecule has 0 radical (unpaired) electrons. The molecule has 1 aliphatic carbocycles. The van der Waals surface area contributed by atoms with Gasteiger partial charge in [0, 0.05) is 12.2 Å². The van der Waals surface area contributed by atoms with Crippen molar-refractivity contribution >= 4 is 11.9 Å². The zero-order chi connectivity index (χ0) is 13.9. The van der Waals surface area contributed by atoms with E-state index >= 15 is 0 Å². The second kappa shape index (κ2) is 9.59. The van der Waals surface area contributed by atoms with Crippen LogP contribution in [0, 0.1) is 5.92 Å². The van der Waals surface area contributed by atoms with Crippen molar-refractivity contribution in [3.05, 3.63) is 12.2 Å². The first-order chi connectivity index (χ1) is 9.22. The molecule has 1 aliphatic rings. The first-order valence-corrected chi connectivity index (χ1v) is 7.24. The molecule has 0 aromatic carbocycles. The van der Waals surface area contributed by atoms with E-state index in [4.69, 9.17) is 9.47 Å². The molecule has 1 saturated carbocycles. The molecule has 108 valence electrons. The lowest BCUT2D eigenvalue weighted by Crippen LogP contribution is -2.15. The Labute approximate surface area is 115 Å². The SMILES string of the molecule is CCCCOC(=O)/C=C/C(=O)OCC1CCCCC1. The molecule has 0 unspecified atom stereocenters. The summed E-state index contributed by atoms with van der Waals surface area (Å²) in [5, 5.41) is 0. The molecular weight excluding hydrogens is 244 g/mol. The first kappa shape index (κ1) is 15.7. The molecule has 0 aromatic rings. The quantitative estimate of drug-likeness (QED) is 0.404. The van der Waals surface area contributed by atoms with Crippen LogP contribution in [0.3, 0.4) is 0 Å². The van der Waals surface area contributed by atoms with E-state index < -0.39 is 11.9 Å². The highest BCUT2D eigenvalue weighted by atomic mass is 16.5. The number of unbranched alkanes of at least 4 members (excludes halogenated alkanes) is 1. The summed E-state index contributed by atoms with van der Waals surface area (Å²) >= 11 is 0. The van der Waals surface area contributed by atoms with Crippen molar-refractivity contribution in [2.24, 2.45) is 5.92 Å². The lowest BCUT2D eigenvalue weighted by atomic mass is 9.90. The molecule has 1 fully saturated rings. The molecule has 0 saturated heterocycles. The Kier molecular flexibility index (Phi) is 7.94. The standard InChI is InChI=1S/C15H24O4/c1-2-3-11-18-14(16)9-10-15(17)19-12-13-7-5-4-6-8-13/h9-10,13H,2-8,11-12H2,1H3/b10-9+. The summed E-state index contributed by atoms with van der Waals surface area (Å²) in [6.45, 7) is 2.89. The van der Waals surface area contributed by atoms with Gasteiger partial charge in [0.2, 0.25) is 0 Å². The molecule has 0 amide bonds. The van der Waals surface area contributed by atoms with Crippen LogP contribution in [0.4, 0.5) is 0 Å². The monoisotopic (exact) mass is 268 g/mol. The van der Waals surface area contributed by atoms with Gasteiger partial charge in [0.1, 0.15) is 0 Å². The third kappa shape index (κ3) is 7.65. The van der Waals surface area contributed by atoms with E-state index in [2.05, 4.69) is 0 Å². The molecule has 19 heavy (non-hydrogen) atoms. The number of rotatable bonds is 7. The van der Waals surface area contributed by atoms with Crippen LogP contribution < -0.4 is 0 Å². The van der Waals surface area contributed by atoms with E-state index in [0.717, 1.165) is 37.8 Å². The van der Waals surface area contributed by atoms with Crippen LogP contribution in [0.1, 0.15) is 51.9 Å². The highest BCUT2D eigenvalue weighted by Gasteiger charge is 2.14. The third-order valence-corrected chi connectivity index (χ3v) is 3.28. The minimum Gasteiger partial charge on any atom is -0.463 e. The van der Waals surface area contributed by atoms with E-state index in [1.54, 1.807) is 0 Å². The Balaban J connectivity index is 2.13. The fourth-order valence-electron chi connectivity index (χ4n) is 2.10. The smallest absolute Gasteiger partial charge is 0.331 e. The van der Waals surface area contributed by atoms with Crippen molar-refractivity contribution in [2.45, 2.75) is 51.9 Å². The first-order valence-electron chi connectivity index (χ1n) is 7.24. The van der Waals surface area contributed by atoms with Gasteiger partial charge in [-0.25, -0.2) is 9.59 Å². The van der Waals surface area contributed by atoms with Gasteiger partial charge in [-0.15, -0.1) is 0 Å². The number of carbonyl (C=O) groups is 2. The molecular formula is C15H24O4. The summed E-state index contributed by atoms with van der Waals surface area (Å²) in [4.78, 5) is 22.6. The Morgan fingerprint density at radius 2 is 1.68 bits per heavy atom. The van der Waals surface area contributed by atoms with Gasteiger partial charge in [-0.2, -0.15) is 0 Å². The molecule has 0 heterocycles. The second-order valence-electron chi connectivity index (χ2n) is 4.99. The lowest BCUT2D eigenvalue weighted by molar-refractivity contribution is -0.141. The van der Waals surface area contributed by atoms with Crippen molar-refractivity contribution in [3.63, 3.8) is 0 Å². The largest absolute Gasteiger partial charge is 0.463 e. The second-order valence-corrected chi connectivity index (χ2v) is 4.99.